The number of rotatable bonds is 5. The minimum atomic E-state index is -0.543. The van der Waals surface area contributed by atoms with Crippen LogP contribution in [0.5, 0.6) is 11.5 Å². The number of urea groups is 1. The summed E-state index contributed by atoms with van der Waals surface area (Å²) < 4.78 is 18.7. The summed E-state index contributed by atoms with van der Waals surface area (Å²) in [5, 5.41) is 5.65. The summed E-state index contributed by atoms with van der Waals surface area (Å²) >= 11 is 0. The van der Waals surface area contributed by atoms with Crippen molar-refractivity contribution < 1.29 is 18.7 Å². The molecule has 2 N–H and O–H groups in total. The summed E-state index contributed by atoms with van der Waals surface area (Å²) in [4.78, 5) is 25.0. The Morgan fingerprint density at radius 2 is 2.00 bits per heavy atom. The molecule has 1 fully saturated rings. The average Bonchev–Trinajstić information content (AvgIpc) is 3.02. The lowest BCUT2D eigenvalue weighted by Gasteiger charge is -2.19. The molecule has 1 atom stereocenters. The predicted octanol–water partition coefficient (Wildman–Crippen LogP) is 2.97. The molecule has 6 nitrogen and oxygen atoms in total. The maximum absolute atomic E-state index is 13.2. The highest BCUT2D eigenvalue weighted by Gasteiger charge is 2.29. The third-order valence-corrected chi connectivity index (χ3v) is 3.76. The fourth-order valence-corrected chi connectivity index (χ4v) is 2.51. The van der Waals surface area contributed by atoms with Gasteiger partial charge in [0.2, 0.25) is 0 Å². The largest absolute Gasteiger partial charge is 0.457 e. The van der Waals surface area contributed by atoms with Crippen molar-refractivity contribution in [2.24, 2.45) is 0 Å². The van der Waals surface area contributed by atoms with E-state index in [-0.39, 0.29) is 17.8 Å². The molecule has 1 saturated heterocycles. The van der Waals surface area contributed by atoms with E-state index in [1.54, 1.807) is 43.3 Å². The predicted molar refractivity (Wildman–Crippen MR) is 91.1 cm³/mol. The summed E-state index contributed by atoms with van der Waals surface area (Å²) in [5.41, 5.74) is 0.715. The van der Waals surface area contributed by atoms with Gasteiger partial charge in [0.25, 0.3) is 5.91 Å². The number of carbonyl (C=O) groups excluding carboxylic acids is 2. The molecule has 0 aromatic heterocycles. The van der Waals surface area contributed by atoms with Crippen molar-refractivity contribution in [3.63, 3.8) is 0 Å². The van der Waals surface area contributed by atoms with Gasteiger partial charge in [0, 0.05) is 24.8 Å². The van der Waals surface area contributed by atoms with Gasteiger partial charge >= 0.3 is 6.03 Å². The van der Waals surface area contributed by atoms with Crippen LogP contribution in [0.2, 0.25) is 0 Å². The molecule has 7 heteroatoms. The molecule has 0 saturated carbocycles. The maximum atomic E-state index is 13.2. The van der Waals surface area contributed by atoms with E-state index in [0.717, 1.165) is 0 Å². The number of benzene rings is 2. The molecule has 0 radical (unpaired) electrons. The van der Waals surface area contributed by atoms with Gasteiger partial charge in [0.1, 0.15) is 23.4 Å². The van der Waals surface area contributed by atoms with Crippen molar-refractivity contribution in [2.45, 2.75) is 13.0 Å². The van der Waals surface area contributed by atoms with E-state index in [2.05, 4.69) is 10.6 Å². The quantitative estimate of drug-likeness (QED) is 0.876. The van der Waals surface area contributed by atoms with Crippen LogP contribution >= 0.6 is 0 Å². The molecule has 0 bridgehead atoms. The van der Waals surface area contributed by atoms with E-state index < -0.39 is 6.04 Å². The van der Waals surface area contributed by atoms with Crippen molar-refractivity contribution in [3.05, 3.63) is 54.3 Å². The number of halogens is 1. The highest BCUT2D eigenvalue weighted by Crippen LogP contribution is 2.23. The van der Waals surface area contributed by atoms with Gasteiger partial charge in [-0.2, -0.15) is 0 Å². The fraction of sp³-hybridized carbons (Fsp3) is 0.222. The Labute approximate surface area is 144 Å². The highest BCUT2D eigenvalue weighted by molar-refractivity contribution is 5.99. The van der Waals surface area contributed by atoms with Crippen LogP contribution in [0.3, 0.4) is 0 Å². The monoisotopic (exact) mass is 343 g/mol. The molecule has 0 aliphatic carbocycles. The third kappa shape index (κ3) is 4.06. The molecule has 1 aliphatic rings. The molecule has 130 valence electrons. The molecular formula is C18H18FN3O3. The van der Waals surface area contributed by atoms with Gasteiger partial charge in [-0.1, -0.05) is 6.07 Å². The van der Waals surface area contributed by atoms with Crippen molar-refractivity contribution in [2.75, 3.05) is 18.4 Å². The zero-order valence-electron chi connectivity index (χ0n) is 13.7. The summed E-state index contributed by atoms with van der Waals surface area (Å²) in [6.07, 6.45) is 0. The van der Waals surface area contributed by atoms with Crippen LogP contribution in [0.1, 0.15) is 6.92 Å². The van der Waals surface area contributed by atoms with Crippen molar-refractivity contribution in [1.29, 1.82) is 0 Å². The van der Waals surface area contributed by atoms with Gasteiger partial charge in [-0.25, -0.2) is 9.18 Å². The first-order valence-electron chi connectivity index (χ1n) is 7.92. The normalized spacial score (nSPS) is 14.8. The lowest BCUT2D eigenvalue weighted by molar-refractivity contribution is -0.128. The van der Waals surface area contributed by atoms with E-state index in [0.29, 0.717) is 30.3 Å². The number of nitrogens with one attached hydrogen (secondary N) is 2. The molecule has 1 aliphatic heterocycles. The van der Waals surface area contributed by atoms with E-state index in [1.165, 1.54) is 17.0 Å². The van der Waals surface area contributed by atoms with Crippen LogP contribution in [0.4, 0.5) is 14.9 Å². The summed E-state index contributed by atoms with van der Waals surface area (Å²) in [6.45, 7) is 2.55. The Balaban J connectivity index is 1.60. The molecule has 0 spiro atoms. The molecule has 2 aromatic rings. The molecule has 25 heavy (non-hydrogen) atoms. The second-order valence-electron chi connectivity index (χ2n) is 5.67. The first-order chi connectivity index (χ1) is 12.0. The van der Waals surface area contributed by atoms with Gasteiger partial charge in [-0.3, -0.25) is 9.69 Å². The standard InChI is InChI=1S/C18H18FN3O3/c1-12(17(23)22-10-9-20-18(22)24)21-14-5-7-15(8-6-14)25-16-4-2-3-13(19)11-16/h2-8,11-12,21H,9-10H2,1H3,(H,20,24)/t12-/m1/s1. The Hall–Kier alpha value is -3.09. The SMILES string of the molecule is C[C@@H](Nc1ccc(Oc2cccc(F)c2)cc1)C(=O)N1CCNC1=O. The molecule has 0 unspecified atom stereocenters. The third-order valence-electron chi connectivity index (χ3n) is 3.76. The van der Waals surface area contributed by atoms with Gasteiger partial charge < -0.3 is 15.4 Å². The fourth-order valence-electron chi connectivity index (χ4n) is 2.51. The number of hydrogen-bond donors (Lipinski definition) is 2. The summed E-state index contributed by atoms with van der Waals surface area (Å²) in [5.74, 6) is 0.308. The topological polar surface area (TPSA) is 70.7 Å². The number of hydrogen-bond acceptors (Lipinski definition) is 4. The van der Waals surface area contributed by atoms with Crippen LogP contribution in [0.15, 0.2) is 48.5 Å². The number of amides is 3. The lowest BCUT2D eigenvalue weighted by atomic mass is 10.2. The first kappa shape index (κ1) is 16.8. The average molecular weight is 343 g/mol. The smallest absolute Gasteiger partial charge is 0.324 e. The molecular weight excluding hydrogens is 325 g/mol. The molecule has 1 heterocycles. The van der Waals surface area contributed by atoms with Gasteiger partial charge in [-0.05, 0) is 43.3 Å². The van der Waals surface area contributed by atoms with E-state index in [1.807, 2.05) is 0 Å². The number of anilines is 1. The summed E-state index contributed by atoms with van der Waals surface area (Å²) in [6, 6.07) is 11.9. The van der Waals surface area contributed by atoms with Crippen molar-refractivity contribution in [1.82, 2.24) is 10.2 Å². The van der Waals surface area contributed by atoms with Gasteiger partial charge in [0.15, 0.2) is 0 Å². The zero-order chi connectivity index (χ0) is 17.8. The minimum Gasteiger partial charge on any atom is -0.457 e. The van der Waals surface area contributed by atoms with Crippen molar-refractivity contribution >= 4 is 17.6 Å². The molecule has 3 amide bonds. The van der Waals surface area contributed by atoms with Crippen LogP contribution in [0.25, 0.3) is 0 Å². The maximum Gasteiger partial charge on any atom is 0.324 e. The Morgan fingerprint density at radius 3 is 2.64 bits per heavy atom. The van der Waals surface area contributed by atoms with Crippen LogP contribution in [-0.4, -0.2) is 36.0 Å². The summed E-state index contributed by atoms with van der Waals surface area (Å²) in [7, 11) is 0. The second kappa shape index (κ2) is 7.21. The highest BCUT2D eigenvalue weighted by atomic mass is 19.1. The van der Waals surface area contributed by atoms with Gasteiger partial charge in [0.05, 0.1) is 0 Å². The zero-order valence-corrected chi connectivity index (χ0v) is 13.7. The van der Waals surface area contributed by atoms with E-state index in [4.69, 9.17) is 4.74 Å². The molecule has 2 aromatic carbocycles. The number of carbonyl (C=O) groups is 2. The minimum absolute atomic E-state index is 0.282. The first-order valence-corrected chi connectivity index (χ1v) is 7.92. The van der Waals surface area contributed by atoms with Crippen LogP contribution in [0, 0.1) is 5.82 Å². The van der Waals surface area contributed by atoms with Crippen molar-refractivity contribution in [3.8, 4) is 11.5 Å². The Kier molecular flexibility index (Phi) is 4.83. The van der Waals surface area contributed by atoms with E-state index >= 15 is 0 Å². The second-order valence-corrected chi connectivity index (χ2v) is 5.67. The number of imide groups is 1. The van der Waals surface area contributed by atoms with Crippen LogP contribution < -0.4 is 15.4 Å². The van der Waals surface area contributed by atoms with E-state index in [9.17, 15) is 14.0 Å². The number of nitrogens with zero attached hydrogens (tertiary/aromatic N) is 1. The van der Waals surface area contributed by atoms with Gasteiger partial charge in [-0.15, -0.1) is 0 Å². The van der Waals surface area contributed by atoms with Crippen LogP contribution in [-0.2, 0) is 4.79 Å². The Bertz CT molecular complexity index is 779. The Morgan fingerprint density at radius 1 is 1.24 bits per heavy atom. The molecule has 3 rings (SSSR count). The number of ether oxygens (including phenoxy) is 1. The lowest BCUT2D eigenvalue weighted by Crippen LogP contribution is -2.43.